The van der Waals surface area contributed by atoms with Gasteiger partial charge in [-0.1, -0.05) is 0 Å². The molecule has 18 heavy (non-hydrogen) atoms. The van der Waals surface area contributed by atoms with Gasteiger partial charge in [0, 0.05) is 26.2 Å². The predicted octanol–water partition coefficient (Wildman–Crippen LogP) is 1.27. The van der Waals surface area contributed by atoms with Crippen molar-refractivity contribution in [2.24, 2.45) is 0 Å². The monoisotopic (exact) mass is 250 g/mol. The molecule has 7 heteroatoms. The summed E-state index contributed by atoms with van der Waals surface area (Å²) in [6.45, 7) is 0. The number of nitrogens with zero attached hydrogens (tertiary/aromatic N) is 3. The maximum Gasteiger partial charge on any atom is 0.288 e. The van der Waals surface area contributed by atoms with Crippen LogP contribution in [0.25, 0.3) is 0 Å². The summed E-state index contributed by atoms with van der Waals surface area (Å²) in [6, 6.07) is 1.52. The van der Waals surface area contributed by atoms with Gasteiger partial charge < -0.3 is 10.2 Å². The number of rotatable bonds is 4. The van der Waals surface area contributed by atoms with Gasteiger partial charge in [-0.2, -0.15) is 0 Å². The van der Waals surface area contributed by atoms with Crippen LogP contribution in [0.3, 0.4) is 0 Å². The number of hydrogen-bond donors (Lipinski definition) is 1. The molecular formula is C11H14N4O3. The highest BCUT2D eigenvalue weighted by Gasteiger charge is 2.31. The van der Waals surface area contributed by atoms with Crippen LogP contribution in [-0.2, 0) is 0 Å². The normalized spacial score (nSPS) is 14.1. The molecule has 0 bridgehead atoms. The van der Waals surface area contributed by atoms with Crippen molar-refractivity contribution in [3.8, 4) is 0 Å². The lowest BCUT2D eigenvalue weighted by molar-refractivity contribution is -0.385. The summed E-state index contributed by atoms with van der Waals surface area (Å²) in [5.74, 6) is 0.121. The topological polar surface area (TPSA) is 88.4 Å². The lowest BCUT2D eigenvalue weighted by Gasteiger charge is -2.17. The number of nitro groups is 1. The van der Waals surface area contributed by atoms with Gasteiger partial charge in [-0.3, -0.25) is 14.9 Å². The van der Waals surface area contributed by atoms with Gasteiger partial charge in [0.2, 0.25) is 0 Å². The van der Waals surface area contributed by atoms with Gasteiger partial charge in [-0.25, -0.2) is 4.98 Å². The first-order valence-electron chi connectivity index (χ1n) is 5.64. The fourth-order valence-electron chi connectivity index (χ4n) is 1.73. The van der Waals surface area contributed by atoms with E-state index in [1.807, 2.05) is 0 Å². The molecule has 96 valence electrons. The van der Waals surface area contributed by atoms with Crippen LogP contribution in [0, 0.1) is 10.1 Å². The second-order valence-electron chi connectivity index (χ2n) is 4.24. The standard InChI is InChI=1S/C11H14N4O3/c1-12-10-9(5-8(6-13-10)15(17)18)11(16)14(2)7-3-4-7/h5-7H,3-4H2,1-2H3,(H,12,13). The van der Waals surface area contributed by atoms with Gasteiger partial charge >= 0.3 is 0 Å². The third-order valence-corrected chi connectivity index (χ3v) is 2.97. The van der Waals surface area contributed by atoms with E-state index in [2.05, 4.69) is 10.3 Å². The van der Waals surface area contributed by atoms with Crippen molar-refractivity contribution in [3.63, 3.8) is 0 Å². The lowest BCUT2D eigenvalue weighted by atomic mass is 10.2. The van der Waals surface area contributed by atoms with E-state index < -0.39 is 4.92 Å². The number of aromatic nitrogens is 1. The molecule has 0 unspecified atom stereocenters. The van der Waals surface area contributed by atoms with E-state index in [9.17, 15) is 14.9 Å². The zero-order chi connectivity index (χ0) is 13.3. The van der Waals surface area contributed by atoms with Crippen molar-refractivity contribution in [2.45, 2.75) is 18.9 Å². The fourth-order valence-corrected chi connectivity index (χ4v) is 1.73. The summed E-state index contributed by atoms with van der Waals surface area (Å²) in [5.41, 5.74) is 0.0580. The maximum absolute atomic E-state index is 12.2. The molecule has 1 saturated carbocycles. The van der Waals surface area contributed by atoms with Crippen molar-refractivity contribution >= 4 is 17.4 Å². The van der Waals surface area contributed by atoms with Crippen LogP contribution in [-0.4, -0.2) is 40.9 Å². The number of nitrogens with one attached hydrogen (secondary N) is 1. The molecular weight excluding hydrogens is 236 g/mol. The minimum absolute atomic E-state index is 0.179. The molecule has 1 fully saturated rings. The Hall–Kier alpha value is -2.18. The first-order chi connectivity index (χ1) is 8.54. The second-order valence-corrected chi connectivity index (χ2v) is 4.24. The Morgan fingerprint density at radius 1 is 1.61 bits per heavy atom. The molecule has 0 aromatic carbocycles. The Morgan fingerprint density at radius 2 is 2.28 bits per heavy atom. The van der Waals surface area contributed by atoms with Gasteiger partial charge in [-0.15, -0.1) is 0 Å². The van der Waals surface area contributed by atoms with Gasteiger partial charge in [0.1, 0.15) is 12.0 Å². The number of carbonyl (C=O) groups is 1. The third-order valence-electron chi connectivity index (χ3n) is 2.97. The Labute approximate surface area is 104 Å². The van der Waals surface area contributed by atoms with Crippen LogP contribution in [0.2, 0.25) is 0 Å². The molecule has 1 N–H and O–H groups in total. The predicted molar refractivity (Wildman–Crippen MR) is 65.6 cm³/mol. The van der Waals surface area contributed by atoms with Gasteiger partial charge in [0.25, 0.3) is 11.6 Å². The number of amides is 1. The highest BCUT2D eigenvalue weighted by Crippen LogP contribution is 2.28. The summed E-state index contributed by atoms with van der Waals surface area (Å²) in [7, 11) is 3.33. The molecule has 7 nitrogen and oxygen atoms in total. The number of carbonyl (C=O) groups excluding carboxylic acids is 1. The lowest BCUT2D eigenvalue weighted by Crippen LogP contribution is -2.29. The average molecular weight is 250 g/mol. The third kappa shape index (κ3) is 2.24. The summed E-state index contributed by atoms with van der Waals surface area (Å²) in [5, 5.41) is 13.5. The van der Waals surface area contributed by atoms with Crippen LogP contribution < -0.4 is 5.32 Å². The molecule has 1 heterocycles. The molecule has 2 rings (SSSR count). The van der Waals surface area contributed by atoms with E-state index in [-0.39, 0.29) is 23.2 Å². The summed E-state index contributed by atoms with van der Waals surface area (Å²) in [6.07, 6.45) is 3.11. The highest BCUT2D eigenvalue weighted by atomic mass is 16.6. The molecule has 0 spiro atoms. The quantitative estimate of drug-likeness (QED) is 0.642. The van der Waals surface area contributed by atoms with Gasteiger partial charge in [-0.05, 0) is 12.8 Å². The van der Waals surface area contributed by atoms with E-state index in [1.165, 1.54) is 6.07 Å². The van der Waals surface area contributed by atoms with Crippen LogP contribution in [0.4, 0.5) is 11.5 Å². The van der Waals surface area contributed by atoms with E-state index >= 15 is 0 Å². The first-order valence-corrected chi connectivity index (χ1v) is 5.64. The van der Waals surface area contributed by atoms with Gasteiger partial charge in [0.05, 0.1) is 10.5 Å². The number of anilines is 1. The number of pyridine rings is 1. The van der Waals surface area contributed by atoms with E-state index in [1.54, 1.807) is 19.0 Å². The SMILES string of the molecule is CNc1ncc([N+](=O)[O-])cc1C(=O)N(C)C1CC1. The van der Waals surface area contributed by atoms with E-state index in [0.29, 0.717) is 5.82 Å². The molecule has 0 atom stereocenters. The average Bonchev–Trinajstić information content (AvgIpc) is 3.20. The minimum atomic E-state index is -0.555. The first kappa shape index (κ1) is 12.3. The molecule has 1 aromatic heterocycles. The van der Waals surface area contributed by atoms with Crippen LogP contribution in [0.5, 0.6) is 0 Å². The van der Waals surface area contributed by atoms with Crippen molar-refractivity contribution in [1.82, 2.24) is 9.88 Å². The zero-order valence-electron chi connectivity index (χ0n) is 10.2. The van der Waals surface area contributed by atoms with E-state index in [0.717, 1.165) is 19.0 Å². The zero-order valence-corrected chi connectivity index (χ0v) is 10.2. The Bertz CT molecular complexity index is 499. The Morgan fingerprint density at radius 3 is 2.78 bits per heavy atom. The van der Waals surface area contributed by atoms with Crippen molar-refractivity contribution in [2.75, 3.05) is 19.4 Å². The molecule has 1 aliphatic rings. The molecule has 0 aliphatic heterocycles. The largest absolute Gasteiger partial charge is 0.372 e. The Kier molecular flexibility index (Phi) is 3.14. The molecule has 1 aromatic rings. The van der Waals surface area contributed by atoms with Crippen LogP contribution in [0.15, 0.2) is 12.3 Å². The summed E-state index contributed by atoms with van der Waals surface area (Å²) < 4.78 is 0. The summed E-state index contributed by atoms with van der Waals surface area (Å²) >= 11 is 0. The number of hydrogen-bond acceptors (Lipinski definition) is 5. The summed E-state index contributed by atoms with van der Waals surface area (Å²) in [4.78, 5) is 27.9. The van der Waals surface area contributed by atoms with Crippen LogP contribution >= 0.6 is 0 Å². The maximum atomic E-state index is 12.2. The van der Waals surface area contributed by atoms with Crippen LogP contribution in [0.1, 0.15) is 23.2 Å². The smallest absolute Gasteiger partial charge is 0.288 e. The molecule has 1 aliphatic carbocycles. The highest BCUT2D eigenvalue weighted by molar-refractivity contribution is 5.99. The van der Waals surface area contributed by atoms with Crippen molar-refractivity contribution in [3.05, 3.63) is 27.9 Å². The fraction of sp³-hybridized carbons (Fsp3) is 0.455. The van der Waals surface area contributed by atoms with Crippen molar-refractivity contribution in [1.29, 1.82) is 0 Å². The molecule has 1 amide bonds. The second kappa shape index (κ2) is 4.59. The molecule has 0 saturated heterocycles. The Balaban J connectivity index is 2.36. The van der Waals surface area contributed by atoms with Crippen molar-refractivity contribution < 1.29 is 9.72 Å². The van der Waals surface area contributed by atoms with Gasteiger partial charge in [0.15, 0.2) is 0 Å². The van der Waals surface area contributed by atoms with E-state index in [4.69, 9.17) is 0 Å². The molecule has 0 radical (unpaired) electrons. The minimum Gasteiger partial charge on any atom is -0.372 e.